The van der Waals surface area contributed by atoms with Crippen molar-refractivity contribution in [3.8, 4) is 5.69 Å². The number of aromatic nitrogens is 1. The Kier molecular flexibility index (Phi) is 7.94. The molecule has 0 saturated heterocycles. The largest absolute Gasteiger partial charge is 0.394 e. The number of hydrogen-bond acceptors (Lipinski definition) is 6. The summed E-state index contributed by atoms with van der Waals surface area (Å²) < 4.78 is 1.39. The molecule has 1 aliphatic rings. The Morgan fingerprint density at radius 2 is 1.76 bits per heavy atom. The van der Waals surface area contributed by atoms with Crippen molar-refractivity contribution in [2.75, 3.05) is 12.9 Å². The first kappa shape index (κ1) is 27.1. The van der Waals surface area contributed by atoms with Crippen LogP contribution in [0, 0.1) is 5.41 Å². The summed E-state index contributed by atoms with van der Waals surface area (Å²) in [4.78, 5) is 41.1. The lowest BCUT2D eigenvalue weighted by molar-refractivity contribution is 0.0701. The van der Waals surface area contributed by atoms with E-state index in [4.69, 9.17) is 11.6 Å². The van der Waals surface area contributed by atoms with Crippen LogP contribution in [0.25, 0.3) is 5.69 Å². The number of carbonyl (C=O) groups is 2. The zero-order chi connectivity index (χ0) is 26.9. The number of Topliss-reactive ketones (excluding diaryl/α,β-unsaturated/α-hetero) is 1. The summed E-state index contributed by atoms with van der Waals surface area (Å²) in [5.41, 5.74) is 0.652. The standard InChI is InChI=1S/C28H29ClN2O5S/c1-28(2)13-23-20(24(33)14-28)12-21(27(36)31(23)18-8-6-17(29)7-9-18)26(35)30-22(15-32)25(34)16-4-10-19(37-3)11-5-16/h4-12,22,25,32,34H,13-15H2,1-3H3,(H,30,35). The van der Waals surface area contributed by atoms with Crippen molar-refractivity contribution >= 4 is 35.1 Å². The zero-order valence-electron chi connectivity index (χ0n) is 20.8. The van der Waals surface area contributed by atoms with Crippen LogP contribution in [0.3, 0.4) is 0 Å². The molecule has 2 atom stereocenters. The average Bonchev–Trinajstić information content (AvgIpc) is 2.86. The number of nitrogens with zero attached hydrogens (tertiary/aromatic N) is 1. The molecule has 9 heteroatoms. The van der Waals surface area contributed by atoms with Crippen LogP contribution in [-0.4, -0.2) is 45.4 Å². The normalized spacial score (nSPS) is 16.1. The fourth-order valence-electron chi connectivity index (χ4n) is 4.64. The van der Waals surface area contributed by atoms with Gasteiger partial charge in [-0.1, -0.05) is 37.6 Å². The third-order valence-electron chi connectivity index (χ3n) is 6.57. The number of carbonyl (C=O) groups excluding carboxylic acids is 2. The van der Waals surface area contributed by atoms with Crippen LogP contribution in [0.1, 0.15) is 58.3 Å². The van der Waals surface area contributed by atoms with Gasteiger partial charge in [-0.3, -0.25) is 19.0 Å². The minimum Gasteiger partial charge on any atom is -0.394 e. The third-order valence-corrected chi connectivity index (χ3v) is 7.57. The molecule has 1 aromatic heterocycles. The highest BCUT2D eigenvalue weighted by atomic mass is 35.5. The number of aliphatic hydroxyl groups excluding tert-OH is 2. The maximum absolute atomic E-state index is 13.7. The summed E-state index contributed by atoms with van der Waals surface area (Å²) in [6.07, 6.45) is 1.48. The van der Waals surface area contributed by atoms with E-state index in [1.165, 1.54) is 10.6 Å². The van der Waals surface area contributed by atoms with Gasteiger partial charge in [0.2, 0.25) is 0 Å². The Balaban J connectivity index is 1.75. The molecule has 0 aliphatic heterocycles. The molecule has 0 fully saturated rings. The van der Waals surface area contributed by atoms with Crippen LogP contribution in [0.4, 0.5) is 0 Å². The van der Waals surface area contributed by atoms with Gasteiger partial charge in [0.1, 0.15) is 11.7 Å². The molecule has 2 aromatic carbocycles. The molecule has 4 rings (SSSR count). The van der Waals surface area contributed by atoms with Gasteiger partial charge >= 0.3 is 0 Å². The topological polar surface area (TPSA) is 109 Å². The molecule has 3 N–H and O–H groups in total. The van der Waals surface area contributed by atoms with Gasteiger partial charge in [-0.15, -0.1) is 11.8 Å². The van der Waals surface area contributed by atoms with E-state index < -0.39 is 30.2 Å². The first-order chi connectivity index (χ1) is 17.5. The summed E-state index contributed by atoms with van der Waals surface area (Å²) in [5.74, 6) is -0.942. The summed E-state index contributed by atoms with van der Waals surface area (Å²) in [5, 5.41) is 23.8. The number of hydrogen-bond donors (Lipinski definition) is 3. The number of ketones is 1. The molecule has 1 amide bonds. The highest BCUT2D eigenvalue weighted by Gasteiger charge is 2.35. The SMILES string of the molecule is CSc1ccc(C(O)C(CO)NC(=O)c2cc3c(n(-c4ccc(Cl)cc4)c2=O)CC(C)(C)CC3=O)cc1. The molecule has 0 saturated carbocycles. The number of benzene rings is 2. The van der Waals surface area contributed by atoms with Crippen LogP contribution >= 0.6 is 23.4 Å². The molecular weight excluding hydrogens is 512 g/mol. The number of aliphatic hydroxyl groups is 2. The number of nitrogens with one attached hydrogen (secondary N) is 1. The van der Waals surface area contributed by atoms with Crippen molar-refractivity contribution in [1.29, 1.82) is 0 Å². The molecule has 1 heterocycles. The van der Waals surface area contributed by atoms with Crippen molar-refractivity contribution in [2.24, 2.45) is 5.41 Å². The average molecular weight is 541 g/mol. The first-order valence-electron chi connectivity index (χ1n) is 11.9. The Morgan fingerprint density at radius 3 is 2.35 bits per heavy atom. The molecule has 3 aromatic rings. The fraction of sp³-hybridized carbons (Fsp3) is 0.321. The number of pyridine rings is 1. The lowest BCUT2D eigenvalue weighted by Gasteiger charge is -2.32. The summed E-state index contributed by atoms with van der Waals surface area (Å²) in [7, 11) is 0. The van der Waals surface area contributed by atoms with E-state index >= 15 is 0 Å². The minimum absolute atomic E-state index is 0.157. The minimum atomic E-state index is -1.21. The molecule has 7 nitrogen and oxygen atoms in total. The summed E-state index contributed by atoms with van der Waals surface area (Å²) in [6, 6.07) is 14.0. The van der Waals surface area contributed by atoms with Gasteiger partial charge in [0.05, 0.1) is 12.6 Å². The van der Waals surface area contributed by atoms with Crippen LogP contribution < -0.4 is 10.9 Å². The van der Waals surface area contributed by atoms with Crippen molar-refractivity contribution in [2.45, 2.75) is 43.7 Å². The Bertz CT molecular complexity index is 1380. The molecule has 194 valence electrons. The van der Waals surface area contributed by atoms with Crippen molar-refractivity contribution in [3.63, 3.8) is 0 Å². The highest BCUT2D eigenvalue weighted by molar-refractivity contribution is 7.98. The second kappa shape index (κ2) is 10.8. The molecule has 1 aliphatic carbocycles. The first-order valence-corrected chi connectivity index (χ1v) is 13.5. The molecular formula is C28H29ClN2O5S. The summed E-state index contributed by atoms with van der Waals surface area (Å²) in [6.45, 7) is 3.37. The second-order valence-corrected chi connectivity index (χ2v) is 11.3. The third kappa shape index (κ3) is 5.67. The summed E-state index contributed by atoms with van der Waals surface area (Å²) >= 11 is 7.60. The van der Waals surface area contributed by atoms with Crippen molar-refractivity contribution in [1.82, 2.24) is 9.88 Å². The van der Waals surface area contributed by atoms with E-state index in [9.17, 15) is 24.6 Å². The van der Waals surface area contributed by atoms with E-state index in [1.54, 1.807) is 48.2 Å². The van der Waals surface area contributed by atoms with Crippen molar-refractivity contribution in [3.05, 3.63) is 92.4 Å². The Morgan fingerprint density at radius 1 is 1.11 bits per heavy atom. The van der Waals surface area contributed by atoms with E-state index in [0.29, 0.717) is 34.0 Å². The van der Waals surface area contributed by atoms with Crippen LogP contribution in [0.15, 0.2) is 64.3 Å². The quantitative estimate of drug-likeness (QED) is 0.388. The maximum Gasteiger partial charge on any atom is 0.268 e. The number of amides is 1. The highest BCUT2D eigenvalue weighted by Crippen LogP contribution is 2.35. The van der Waals surface area contributed by atoms with E-state index in [-0.39, 0.29) is 23.2 Å². The van der Waals surface area contributed by atoms with Gasteiger partial charge in [0, 0.05) is 33.3 Å². The van der Waals surface area contributed by atoms with Crippen LogP contribution in [-0.2, 0) is 6.42 Å². The second-order valence-electron chi connectivity index (χ2n) is 9.96. The predicted octanol–water partition coefficient (Wildman–Crippen LogP) is 4.19. The monoisotopic (exact) mass is 540 g/mol. The molecule has 0 radical (unpaired) electrons. The number of thioether (sulfide) groups is 1. The number of halogens is 1. The van der Waals surface area contributed by atoms with E-state index in [1.807, 2.05) is 32.2 Å². The smallest absolute Gasteiger partial charge is 0.268 e. The van der Waals surface area contributed by atoms with Crippen LogP contribution in [0.2, 0.25) is 5.02 Å². The van der Waals surface area contributed by atoms with E-state index in [0.717, 1.165) is 4.90 Å². The molecule has 2 unspecified atom stereocenters. The van der Waals surface area contributed by atoms with Gasteiger partial charge in [0.15, 0.2) is 5.78 Å². The van der Waals surface area contributed by atoms with Crippen LogP contribution in [0.5, 0.6) is 0 Å². The number of rotatable bonds is 7. The lowest BCUT2D eigenvalue weighted by Crippen LogP contribution is -2.45. The Hall–Kier alpha value is -2.91. The lowest BCUT2D eigenvalue weighted by atomic mass is 9.75. The Labute approximate surface area is 224 Å². The van der Waals surface area contributed by atoms with Gasteiger partial charge < -0.3 is 15.5 Å². The number of fused-ring (bicyclic) bond motifs is 1. The van der Waals surface area contributed by atoms with Gasteiger partial charge in [-0.05, 0) is 66.1 Å². The predicted molar refractivity (Wildman–Crippen MR) is 145 cm³/mol. The van der Waals surface area contributed by atoms with Gasteiger partial charge in [-0.2, -0.15) is 0 Å². The maximum atomic E-state index is 13.7. The molecule has 37 heavy (non-hydrogen) atoms. The van der Waals surface area contributed by atoms with Crippen molar-refractivity contribution < 1.29 is 19.8 Å². The van der Waals surface area contributed by atoms with Gasteiger partial charge in [0.25, 0.3) is 11.5 Å². The zero-order valence-corrected chi connectivity index (χ0v) is 22.4. The molecule has 0 spiro atoms. The fourth-order valence-corrected chi connectivity index (χ4v) is 5.18. The van der Waals surface area contributed by atoms with E-state index in [2.05, 4.69) is 5.32 Å². The van der Waals surface area contributed by atoms with Gasteiger partial charge in [-0.25, -0.2) is 0 Å². The molecule has 0 bridgehead atoms.